The molecule has 0 aliphatic heterocycles. The zero-order valence-corrected chi connectivity index (χ0v) is 14.1. The molecule has 0 bridgehead atoms. The fourth-order valence-electron chi connectivity index (χ4n) is 2.39. The molecule has 0 aliphatic carbocycles. The van der Waals surface area contributed by atoms with Crippen LogP contribution in [0.1, 0.15) is 27.7 Å². The molecule has 0 fully saturated rings. The van der Waals surface area contributed by atoms with Crippen molar-refractivity contribution in [1.29, 1.82) is 0 Å². The number of aryl methyl sites for hydroxylation is 3. The van der Waals surface area contributed by atoms with Gasteiger partial charge in [-0.25, -0.2) is 4.98 Å². The highest BCUT2D eigenvalue weighted by molar-refractivity contribution is 7.11. The zero-order chi connectivity index (χ0) is 16.2. The quantitative estimate of drug-likeness (QED) is 0.705. The number of para-hydroxylation sites is 1. The molecule has 0 atom stereocenters. The van der Waals surface area contributed by atoms with Crippen molar-refractivity contribution in [2.75, 3.05) is 6.54 Å². The summed E-state index contributed by atoms with van der Waals surface area (Å²) in [5.41, 5.74) is 2.50. The number of hydrogen-bond donors (Lipinski definition) is 1. The molecule has 3 aromatic rings. The van der Waals surface area contributed by atoms with Crippen LogP contribution in [0.25, 0.3) is 11.0 Å². The molecule has 2 heterocycles. The molecule has 1 N–H and O–H groups in total. The molecule has 6 heteroatoms. The first-order valence-electron chi connectivity index (χ1n) is 7.66. The Morgan fingerprint density at radius 3 is 2.91 bits per heavy atom. The Hall–Kier alpha value is -2.21. The largest absolute Gasteiger partial charge is 0.356 e. The summed E-state index contributed by atoms with van der Waals surface area (Å²) in [6.07, 6.45) is 2.02. The number of benzene rings is 1. The molecule has 23 heavy (non-hydrogen) atoms. The van der Waals surface area contributed by atoms with Crippen LogP contribution in [0.3, 0.4) is 0 Å². The highest BCUT2D eigenvalue weighted by Gasteiger charge is 2.11. The van der Waals surface area contributed by atoms with Crippen molar-refractivity contribution in [2.45, 2.75) is 33.1 Å². The summed E-state index contributed by atoms with van der Waals surface area (Å²) in [5.74, 6) is -0.0319. The maximum atomic E-state index is 12.0. The van der Waals surface area contributed by atoms with Gasteiger partial charge in [0.2, 0.25) is 5.91 Å². The van der Waals surface area contributed by atoms with E-state index in [0.29, 0.717) is 17.8 Å². The molecule has 1 aromatic carbocycles. The number of carbonyl (C=O) groups excluding carboxylic acids is 1. The molecule has 0 spiro atoms. The van der Waals surface area contributed by atoms with E-state index in [9.17, 15) is 4.79 Å². The number of thiazole rings is 1. The van der Waals surface area contributed by atoms with E-state index in [0.717, 1.165) is 28.9 Å². The Bertz CT molecular complexity index is 803. The summed E-state index contributed by atoms with van der Waals surface area (Å²) in [6, 6.07) is 7.57. The maximum Gasteiger partial charge on any atom is 0.226 e. The van der Waals surface area contributed by atoms with Gasteiger partial charge in [-0.05, 0) is 32.4 Å². The van der Waals surface area contributed by atoms with Crippen molar-refractivity contribution < 1.29 is 9.32 Å². The third-order valence-electron chi connectivity index (χ3n) is 3.74. The molecule has 0 unspecified atom stereocenters. The molecule has 0 saturated heterocycles. The van der Waals surface area contributed by atoms with Crippen LogP contribution in [0.4, 0.5) is 0 Å². The van der Waals surface area contributed by atoms with Crippen molar-refractivity contribution in [3.05, 3.63) is 45.5 Å². The summed E-state index contributed by atoms with van der Waals surface area (Å²) in [7, 11) is 0. The first kappa shape index (κ1) is 15.7. The van der Waals surface area contributed by atoms with Gasteiger partial charge in [0.1, 0.15) is 5.69 Å². The van der Waals surface area contributed by atoms with Gasteiger partial charge >= 0.3 is 0 Å². The van der Waals surface area contributed by atoms with Gasteiger partial charge in [0, 0.05) is 23.2 Å². The second kappa shape index (κ2) is 6.91. The normalized spacial score (nSPS) is 11.0. The number of amides is 1. The summed E-state index contributed by atoms with van der Waals surface area (Å²) in [5, 5.41) is 8.95. The SMILES string of the molecule is Cc1nc(CCCNC(=O)Cc2noc3ccccc23)sc1C. The molecular weight excluding hydrogens is 310 g/mol. The van der Waals surface area contributed by atoms with E-state index >= 15 is 0 Å². The Morgan fingerprint density at radius 2 is 2.13 bits per heavy atom. The molecule has 5 nitrogen and oxygen atoms in total. The minimum atomic E-state index is -0.0319. The lowest BCUT2D eigenvalue weighted by Crippen LogP contribution is -2.26. The monoisotopic (exact) mass is 329 g/mol. The second-order valence-electron chi connectivity index (χ2n) is 5.50. The van der Waals surface area contributed by atoms with Crippen LogP contribution in [0, 0.1) is 13.8 Å². The molecule has 2 aromatic heterocycles. The molecule has 0 radical (unpaired) electrons. The van der Waals surface area contributed by atoms with Crippen molar-refractivity contribution in [3.8, 4) is 0 Å². The lowest BCUT2D eigenvalue weighted by molar-refractivity contribution is -0.120. The van der Waals surface area contributed by atoms with Crippen LogP contribution in [0.2, 0.25) is 0 Å². The van der Waals surface area contributed by atoms with E-state index in [4.69, 9.17) is 4.52 Å². The van der Waals surface area contributed by atoms with Crippen LogP contribution in [-0.2, 0) is 17.6 Å². The van der Waals surface area contributed by atoms with Gasteiger partial charge < -0.3 is 9.84 Å². The van der Waals surface area contributed by atoms with Crippen LogP contribution >= 0.6 is 11.3 Å². The van der Waals surface area contributed by atoms with E-state index in [1.165, 1.54) is 4.88 Å². The maximum absolute atomic E-state index is 12.0. The first-order chi connectivity index (χ1) is 11.1. The van der Waals surface area contributed by atoms with E-state index in [1.54, 1.807) is 11.3 Å². The third kappa shape index (κ3) is 3.76. The average molecular weight is 329 g/mol. The molecular formula is C17H19N3O2S. The number of hydrogen-bond acceptors (Lipinski definition) is 5. The lowest BCUT2D eigenvalue weighted by atomic mass is 10.1. The van der Waals surface area contributed by atoms with Crippen LogP contribution < -0.4 is 5.32 Å². The van der Waals surface area contributed by atoms with E-state index < -0.39 is 0 Å². The lowest BCUT2D eigenvalue weighted by Gasteiger charge is -2.03. The fraction of sp³-hybridized carbons (Fsp3) is 0.353. The molecule has 0 saturated carbocycles. The summed E-state index contributed by atoms with van der Waals surface area (Å²) >= 11 is 1.73. The predicted octanol–water partition coefficient (Wildman–Crippen LogP) is 3.19. The topological polar surface area (TPSA) is 68.0 Å². The number of fused-ring (bicyclic) bond motifs is 1. The van der Waals surface area contributed by atoms with Gasteiger partial charge in [-0.15, -0.1) is 11.3 Å². The Balaban J connectivity index is 1.46. The molecule has 1 amide bonds. The van der Waals surface area contributed by atoms with Crippen molar-refractivity contribution in [3.63, 3.8) is 0 Å². The second-order valence-corrected chi connectivity index (χ2v) is 6.79. The number of carbonyl (C=O) groups is 1. The van der Waals surface area contributed by atoms with E-state index in [-0.39, 0.29) is 12.3 Å². The standard InChI is InChI=1S/C17H19N3O2S/c1-11-12(2)23-17(19-11)8-5-9-18-16(21)10-14-13-6-3-4-7-15(13)22-20-14/h3-4,6-7H,5,8-10H2,1-2H3,(H,18,21). The van der Waals surface area contributed by atoms with E-state index in [2.05, 4.69) is 22.4 Å². The first-order valence-corrected chi connectivity index (χ1v) is 8.48. The summed E-state index contributed by atoms with van der Waals surface area (Å²) in [6.45, 7) is 4.76. The van der Waals surface area contributed by atoms with Gasteiger partial charge in [0.25, 0.3) is 0 Å². The predicted molar refractivity (Wildman–Crippen MR) is 90.6 cm³/mol. The van der Waals surface area contributed by atoms with Crippen LogP contribution in [0.15, 0.2) is 28.8 Å². The molecule has 0 aliphatic rings. The smallest absolute Gasteiger partial charge is 0.226 e. The van der Waals surface area contributed by atoms with Crippen molar-refractivity contribution >= 4 is 28.2 Å². The molecule has 3 rings (SSSR count). The minimum Gasteiger partial charge on any atom is -0.356 e. The Labute approximate surface area is 138 Å². The number of aromatic nitrogens is 2. The highest BCUT2D eigenvalue weighted by atomic mass is 32.1. The molecule has 120 valence electrons. The Kier molecular flexibility index (Phi) is 4.71. The van der Waals surface area contributed by atoms with Crippen LogP contribution in [-0.4, -0.2) is 22.6 Å². The summed E-state index contributed by atoms with van der Waals surface area (Å²) < 4.78 is 5.21. The number of rotatable bonds is 6. The average Bonchev–Trinajstić information content (AvgIpc) is 3.08. The van der Waals surface area contributed by atoms with Crippen molar-refractivity contribution in [2.24, 2.45) is 0 Å². The van der Waals surface area contributed by atoms with Gasteiger partial charge in [-0.2, -0.15) is 0 Å². The number of nitrogens with one attached hydrogen (secondary N) is 1. The zero-order valence-electron chi connectivity index (χ0n) is 13.3. The minimum absolute atomic E-state index is 0.0319. The fourth-order valence-corrected chi connectivity index (χ4v) is 3.37. The van der Waals surface area contributed by atoms with Gasteiger partial charge in [0.05, 0.1) is 17.1 Å². The van der Waals surface area contributed by atoms with Gasteiger partial charge in [-0.1, -0.05) is 17.3 Å². The van der Waals surface area contributed by atoms with E-state index in [1.807, 2.05) is 31.2 Å². The third-order valence-corrected chi connectivity index (χ3v) is 4.88. The summed E-state index contributed by atoms with van der Waals surface area (Å²) in [4.78, 5) is 17.8. The highest BCUT2D eigenvalue weighted by Crippen LogP contribution is 2.18. The number of nitrogens with zero attached hydrogens (tertiary/aromatic N) is 2. The Morgan fingerprint density at radius 1 is 1.30 bits per heavy atom. The van der Waals surface area contributed by atoms with Crippen molar-refractivity contribution in [1.82, 2.24) is 15.5 Å². The van der Waals surface area contributed by atoms with Gasteiger partial charge in [0.15, 0.2) is 5.58 Å². The van der Waals surface area contributed by atoms with Gasteiger partial charge in [-0.3, -0.25) is 4.79 Å². The van der Waals surface area contributed by atoms with Crippen LogP contribution in [0.5, 0.6) is 0 Å².